The number of ether oxygens (including phenoxy) is 2. The second-order valence-electron chi connectivity index (χ2n) is 8.23. The minimum atomic E-state index is -3.45. The molecule has 3 N–H and O–H groups in total. The Morgan fingerprint density at radius 3 is 2.46 bits per heavy atom. The molecule has 1 heterocycles. The van der Waals surface area contributed by atoms with Gasteiger partial charge in [0.25, 0.3) is 5.56 Å². The number of carbonyl (C=O) groups is 1. The maximum absolute atomic E-state index is 12.4. The Bertz CT molecular complexity index is 1190. The monoisotopic (exact) mass is 597 g/mol. The molecule has 2 rings (SSSR count). The molecule has 0 saturated carbocycles. The van der Waals surface area contributed by atoms with Gasteiger partial charge in [0.05, 0.1) is 12.7 Å². The number of aryl methyl sites for hydroxylation is 1. The largest absolute Gasteiger partial charge is 0.462 e. The predicted octanol–water partition coefficient (Wildman–Crippen LogP) is 2.60. The van der Waals surface area contributed by atoms with E-state index in [0.717, 1.165) is 4.57 Å². The summed E-state index contributed by atoms with van der Waals surface area (Å²) in [6.07, 6.45) is -1.67. The van der Waals surface area contributed by atoms with E-state index in [0.29, 0.717) is 5.75 Å². The number of aromatic amines is 1. The lowest BCUT2D eigenvalue weighted by Gasteiger charge is -2.30. The lowest BCUT2D eigenvalue weighted by molar-refractivity contribution is -0.149. The minimum Gasteiger partial charge on any atom is -0.462 e. The van der Waals surface area contributed by atoms with Crippen molar-refractivity contribution in [2.75, 3.05) is 6.61 Å². The highest BCUT2D eigenvalue weighted by Crippen LogP contribution is 2.45. The molecular weight excluding hydrogens is 568 g/mol. The second-order valence-corrected chi connectivity index (χ2v) is 12.5. The fraction of sp³-hybridized carbons (Fsp3) is 0.500. The van der Waals surface area contributed by atoms with Gasteiger partial charge < -0.3 is 23.6 Å². The van der Waals surface area contributed by atoms with Crippen molar-refractivity contribution in [3.63, 3.8) is 0 Å². The van der Waals surface area contributed by atoms with E-state index in [1.54, 1.807) is 51.1 Å². The van der Waals surface area contributed by atoms with E-state index in [4.69, 9.17) is 53.5 Å². The number of aliphatic hydroxyl groups excluding tert-OH is 1. The average molecular weight is 598 g/mol. The molecule has 37 heavy (non-hydrogen) atoms. The molecule has 1 aromatic heterocycles. The number of aromatic nitrogens is 2. The van der Waals surface area contributed by atoms with Gasteiger partial charge in [-0.3, -0.25) is 19.1 Å². The number of halogens is 2. The van der Waals surface area contributed by atoms with E-state index in [1.165, 1.54) is 13.1 Å². The quantitative estimate of drug-likeness (QED) is 0.169. The van der Waals surface area contributed by atoms with Gasteiger partial charge in [-0.15, -0.1) is 23.2 Å². The summed E-state index contributed by atoms with van der Waals surface area (Å²) >= 11 is 17.4. The highest BCUT2D eigenvalue weighted by molar-refractivity contribution is 8.09. The number of aliphatic hydroxyl groups is 1. The Morgan fingerprint density at radius 1 is 1.22 bits per heavy atom. The normalized spacial score (nSPS) is 15.7. The smallest absolute Gasteiger partial charge is 0.330 e. The Morgan fingerprint density at radius 2 is 1.86 bits per heavy atom. The van der Waals surface area contributed by atoms with Crippen LogP contribution >= 0.6 is 29.8 Å². The van der Waals surface area contributed by atoms with Crippen molar-refractivity contribution in [3.8, 4) is 5.75 Å². The van der Waals surface area contributed by atoms with Gasteiger partial charge in [-0.2, -0.15) is 0 Å². The number of hydrogen-bond donors (Lipinski definition) is 3. The molecule has 0 fully saturated rings. The maximum atomic E-state index is 12.4. The summed E-state index contributed by atoms with van der Waals surface area (Å²) in [4.78, 5) is 37.0. The highest BCUT2D eigenvalue weighted by Gasteiger charge is 2.33. The van der Waals surface area contributed by atoms with Gasteiger partial charge in [0.2, 0.25) is 0 Å². The number of benzene rings is 1. The topological polar surface area (TPSA) is 141 Å². The molecule has 11 nitrogen and oxygen atoms in total. The summed E-state index contributed by atoms with van der Waals surface area (Å²) in [5, 5.41) is 13.4. The zero-order valence-corrected chi connectivity index (χ0v) is 23.9. The van der Waals surface area contributed by atoms with Crippen LogP contribution in [0, 0.1) is 6.92 Å². The predicted molar refractivity (Wildman–Crippen MR) is 144 cm³/mol. The summed E-state index contributed by atoms with van der Waals surface area (Å²) < 4.78 is 23.8. The number of hydrogen-bond acceptors (Lipinski definition) is 9. The molecule has 0 amide bonds. The number of alkyl halides is 2. The van der Waals surface area contributed by atoms with E-state index in [2.05, 4.69) is 10.1 Å². The molecule has 206 valence electrons. The third kappa shape index (κ3) is 10.1. The molecule has 0 saturated heterocycles. The van der Waals surface area contributed by atoms with Crippen LogP contribution in [-0.2, 0) is 37.3 Å². The van der Waals surface area contributed by atoms with Crippen LogP contribution in [0.2, 0.25) is 0 Å². The van der Waals surface area contributed by atoms with Gasteiger partial charge >= 0.3 is 18.3 Å². The van der Waals surface area contributed by atoms with Crippen molar-refractivity contribution >= 4 is 47.6 Å². The number of esters is 1. The zero-order chi connectivity index (χ0) is 27.8. The van der Waals surface area contributed by atoms with E-state index >= 15 is 0 Å². The molecule has 0 aliphatic heterocycles. The standard InChI is InChI=1S/C22H30Cl2N3O8PS/c1-13(2)34-21(30)15(4)26-36(37,35-16-8-6-5-7-9-16)33-11-17(18(28)19(23)24)32-12-27-10-14(3)20(29)25-22(27)31/h5-10,13,15,17-19,28H,11-12H2,1-4H3,(H,26,37)(H,25,29,31). The molecule has 4 unspecified atom stereocenters. The molecule has 0 aliphatic rings. The number of para-hydroxylation sites is 1. The Kier molecular flexibility index (Phi) is 12.3. The van der Waals surface area contributed by atoms with Crippen LogP contribution in [0.4, 0.5) is 0 Å². The summed E-state index contributed by atoms with van der Waals surface area (Å²) in [6.45, 7) is 2.30. The van der Waals surface area contributed by atoms with E-state index in [-0.39, 0.29) is 25.0 Å². The molecule has 0 radical (unpaired) electrons. The summed E-state index contributed by atoms with van der Waals surface area (Å²) in [7, 11) is 0. The van der Waals surface area contributed by atoms with E-state index in [1.807, 2.05) is 0 Å². The Labute approximate surface area is 229 Å². The van der Waals surface area contributed by atoms with Gasteiger partial charge in [-0.1, -0.05) is 18.2 Å². The van der Waals surface area contributed by atoms with Crippen molar-refractivity contribution in [1.82, 2.24) is 14.6 Å². The molecule has 0 bridgehead atoms. The number of rotatable bonds is 14. The zero-order valence-electron chi connectivity index (χ0n) is 20.6. The van der Waals surface area contributed by atoms with Crippen LogP contribution in [0.25, 0.3) is 0 Å². The molecule has 15 heteroatoms. The molecule has 0 spiro atoms. The van der Waals surface area contributed by atoms with Crippen LogP contribution in [0.5, 0.6) is 5.75 Å². The van der Waals surface area contributed by atoms with Crippen LogP contribution in [-0.4, -0.2) is 56.4 Å². The van der Waals surface area contributed by atoms with Gasteiger partial charge in [0.1, 0.15) is 35.6 Å². The third-order valence-corrected chi connectivity index (χ3v) is 7.71. The molecule has 4 atom stereocenters. The first-order chi connectivity index (χ1) is 17.3. The molecular formula is C22H30Cl2N3O8PS. The van der Waals surface area contributed by atoms with Crippen LogP contribution in [0.3, 0.4) is 0 Å². The first kappa shape index (κ1) is 31.5. The summed E-state index contributed by atoms with van der Waals surface area (Å²) in [6, 6.07) is 7.68. The van der Waals surface area contributed by atoms with Crippen molar-refractivity contribution in [1.29, 1.82) is 0 Å². The van der Waals surface area contributed by atoms with Crippen molar-refractivity contribution in [3.05, 3.63) is 62.9 Å². The maximum Gasteiger partial charge on any atom is 0.330 e. The summed E-state index contributed by atoms with van der Waals surface area (Å²) in [5.74, 6) is -0.185. The lowest BCUT2D eigenvalue weighted by atomic mass is 10.2. The first-order valence-corrected chi connectivity index (χ1v) is 14.7. The molecule has 1 aromatic carbocycles. The van der Waals surface area contributed by atoms with Crippen LogP contribution in [0.1, 0.15) is 26.3 Å². The highest BCUT2D eigenvalue weighted by atomic mass is 35.5. The van der Waals surface area contributed by atoms with Gasteiger partial charge in [0, 0.05) is 11.8 Å². The fourth-order valence-electron chi connectivity index (χ4n) is 2.80. The third-order valence-electron chi connectivity index (χ3n) is 4.69. The van der Waals surface area contributed by atoms with E-state index in [9.17, 15) is 19.5 Å². The molecule has 2 aromatic rings. The number of nitrogens with one attached hydrogen (secondary N) is 2. The Balaban J connectivity index is 2.24. The summed E-state index contributed by atoms with van der Waals surface area (Å²) in [5.41, 5.74) is -0.963. The minimum absolute atomic E-state index is 0.280. The van der Waals surface area contributed by atoms with Crippen molar-refractivity contribution < 1.29 is 28.4 Å². The first-order valence-electron chi connectivity index (χ1n) is 11.2. The van der Waals surface area contributed by atoms with Crippen LogP contribution in [0.15, 0.2) is 46.1 Å². The number of carbonyl (C=O) groups excluding carboxylic acids is 1. The van der Waals surface area contributed by atoms with Gasteiger partial charge in [0.15, 0.2) is 0 Å². The average Bonchev–Trinajstić information content (AvgIpc) is 2.81. The molecule has 0 aliphatic carbocycles. The SMILES string of the molecule is Cc1cn(COC(COP(=S)(NC(C)C(=O)OC(C)C)Oc2ccccc2)C(O)C(Cl)Cl)c(=O)[nH]c1=O. The van der Waals surface area contributed by atoms with Crippen molar-refractivity contribution in [2.45, 2.75) is 63.6 Å². The van der Waals surface area contributed by atoms with Crippen LogP contribution < -0.4 is 20.9 Å². The van der Waals surface area contributed by atoms with Gasteiger partial charge in [-0.25, -0.2) is 9.88 Å². The van der Waals surface area contributed by atoms with E-state index < -0.39 is 46.9 Å². The number of H-pyrrole nitrogens is 1. The second kappa shape index (κ2) is 14.4. The lowest BCUT2D eigenvalue weighted by Crippen LogP contribution is -2.41. The van der Waals surface area contributed by atoms with Crippen molar-refractivity contribution in [2.24, 2.45) is 0 Å². The van der Waals surface area contributed by atoms with Gasteiger partial charge in [-0.05, 0) is 51.6 Å². The fourth-order valence-corrected chi connectivity index (χ4v) is 5.55. The Hall–Kier alpha value is -1.76. The number of nitrogens with zero attached hydrogens (tertiary/aromatic N) is 1.